The first-order valence-electron chi connectivity index (χ1n) is 3.36. The number of nitrogens with zero attached hydrogens (tertiary/aromatic N) is 3. The monoisotopic (exact) mass is 221 g/mol. The van der Waals surface area contributed by atoms with Crippen LogP contribution in [0.1, 0.15) is 0 Å². The van der Waals surface area contributed by atoms with Crippen molar-refractivity contribution < 1.29 is 8.42 Å². The molecule has 5 nitrogen and oxygen atoms in total. The molecule has 0 aliphatic heterocycles. The van der Waals surface area contributed by atoms with Crippen molar-refractivity contribution in [3.8, 4) is 0 Å². The number of aromatic nitrogens is 2. The number of hydrogen-bond donors (Lipinski definition) is 0. The number of hydrogen-bond acceptors (Lipinski definition) is 5. The molecule has 0 saturated carbocycles. The van der Waals surface area contributed by atoms with E-state index in [0.29, 0.717) is 5.69 Å². The van der Waals surface area contributed by atoms with Crippen molar-refractivity contribution in [1.29, 1.82) is 0 Å². The zero-order valence-electron chi connectivity index (χ0n) is 7.10. The van der Waals surface area contributed by atoms with Gasteiger partial charge >= 0.3 is 0 Å². The van der Waals surface area contributed by atoms with Crippen LogP contribution < -0.4 is 4.90 Å². The fraction of sp³-hybridized carbons (Fsp3) is 0.333. The van der Waals surface area contributed by atoms with Crippen molar-refractivity contribution in [2.24, 2.45) is 0 Å². The molecular weight excluding hydrogens is 214 g/mol. The summed E-state index contributed by atoms with van der Waals surface area (Å²) in [6.45, 7) is 0. The molecule has 0 unspecified atom stereocenters. The molecule has 1 aromatic heterocycles. The van der Waals surface area contributed by atoms with Crippen LogP contribution in [0.5, 0.6) is 0 Å². The molecule has 1 heterocycles. The van der Waals surface area contributed by atoms with Crippen molar-refractivity contribution >= 4 is 25.4 Å². The lowest BCUT2D eigenvalue weighted by Gasteiger charge is -2.10. The van der Waals surface area contributed by atoms with Gasteiger partial charge in [-0.25, -0.2) is 8.42 Å². The third kappa shape index (κ3) is 2.53. The third-order valence-electron chi connectivity index (χ3n) is 1.38. The lowest BCUT2D eigenvalue weighted by molar-refractivity contribution is 0.604. The molecule has 0 saturated heterocycles. The maximum absolute atomic E-state index is 10.9. The van der Waals surface area contributed by atoms with E-state index in [0.717, 1.165) is 0 Å². The largest absolute Gasteiger partial charge is 0.376 e. The van der Waals surface area contributed by atoms with Gasteiger partial charge in [0.05, 0.1) is 11.9 Å². The van der Waals surface area contributed by atoms with Gasteiger partial charge in [0.1, 0.15) is 0 Å². The van der Waals surface area contributed by atoms with E-state index in [1.807, 2.05) is 0 Å². The Bertz CT molecular complexity index is 404. The first-order chi connectivity index (χ1) is 5.91. The van der Waals surface area contributed by atoms with Crippen LogP contribution >= 0.6 is 10.7 Å². The molecule has 13 heavy (non-hydrogen) atoms. The summed E-state index contributed by atoms with van der Waals surface area (Å²) in [5.74, 6) is 0. The van der Waals surface area contributed by atoms with Gasteiger partial charge in [0.15, 0.2) is 5.03 Å². The van der Waals surface area contributed by atoms with Crippen LogP contribution in [0.4, 0.5) is 5.69 Å². The number of halogens is 1. The summed E-state index contributed by atoms with van der Waals surface area (Å²) in [7, 11) is 4.83. The minimum absolute atomic E-state index is 0.236. The molecule has 0 aromatic carbocycles. The molecular formula is C6H8ClN3O2S. The van der Waals surface area contributed by atoms with E-state index in [-0.39, 0.29) is 5.03 Å². The Morgan fingerprint density at radius 2 is 2.08 bits per heavy atom. The summed E-state index contributed by atoms with van der Waals surface area (Å²) in [5, 5.41) is 6.68. The van der Waals surface area contributed by atoms with E-state index in [2.05, 4.69) is 10.2 Å². The first-order valence-corrected chi connectivity index (χ1v) is 5.67. The summed E-state index contributed by atoms with van der Waals surface area (Å²) in [5.41, 5.74) is 0.634. The normalized spacial score (nSPS) is 11.3. The molecule has 0 atom stereocenters. The van der Waals surface area contributed by atoms with Gasteiger partial charge in [-0.3, -0.25) is 0 Å². The van der Waals surface area contributed by atoms with Crippen molar-refractivity contribution in [3.63, 3.8) is 0 Å². The van der Waals surface area contributed by atoms with Crippen LogP contribution in [-0.2, 0) is 9.05 Å². The van der Waals surface area contributed by atoms with E-state index < -0.39 is 9.05 Å². The highest BCUT2D eigenvalue weighted by molar-refractivity contribution is 8.13. The summed E-state index contributed by atoms with van der Waals surface area (Å²) in [6.07, 6.45) is 1.45. The number of anilines is 1. The maximum Gasteiger partial charge on any atom is 0.280 e. The van der Waals surface area contributed by atoms with Gasteiger partial charge in [-0.15, -0.1) is 5.10 Å². The average Bonchev–Trinajstić information content (AvgIpc) is 2.03. The van der Waals surface area contributed by atoms with Crippen molar-refractivity contribution in [3.05, 3.63) is 12.3 Å². The number of rotatable bonds is 2. The second-order valence-electron chi connectivity index (χ2n) is 2.58. The molecule has 0 spiro atoms. The Morgan fingerprint density at radius 3 is 2.54 bits per heavy atom. The second-order valence-corrected chi connectivity index (χ2v) is 5.10. The highest BCUT2D eigenvalue weighted by Crippen LogP contribution is 2.16. The van der Waals surface area contributed by atoms with Crippen molar-refractivity contribution in [2.45, 2.75) is 5.03 Å². The maximum atomic E-state index is 10.9. The Labute approximate surface area is 80.8 Å². The molecule has 0 aliphatic rings. The first kappa shape index (κ1) is 10.2. The lowest BCUT2D eigenvalue weighted by Crippen LogP contribution is -2.10. The molecule has 1 rings (SSSR count). The third-order valence-corrected chi connectivity index (χ3v) is 2.56. The van der Waals surface area contributed by atoms with E-state index in [9.17, 15) is 8.42 Å². The molecule has 7 heteroatoms. The smallest absolute Gasteiger partial charge is 0.280 e. The van der Waals surface area contributed by atoms with Crippen LogP contribution in [0.3, 0.4) is 0 Å². The second kappa shape index (κ2) is 3.47. The predicted octanol–water partition coefficient (Wildman–Crippen LogP) is 0.470. The van der Waals surface area contributed by atoms with Gasteiger partial charge < -0.3 is 4.90 Å². The summed E-state index contributed by atoms with van der Waals surface area (Å²) >= 11 is 0. The Hall–Kier alpha value is -0.880. The Kier molecular flexibility index (Phi) is 2.72. The van der Waals surface area contributed by atoms with Gasteiger partial charge in [0.25, 0.3) is 9.05 Å². The Morgan fingerprint density at radius 1 is 1.46 bits per heavy atom. The predicted molar refractivity (Wildman–Crippen MR) is 49.4 cm³/mol. The highest BCUT2D eigenvalue weighted by atomic mass is 35.7. The molecule has 1 aromatic rings. The minimum Gasteiger partial charge on any atom is -0.376 e. The van der Waals surface area contributed by atoms with Crippen LogP contribution in [-0.4, -0.2) is 32.7 Å². The quantitative estimate of drug-likeness (QED) is 0.680. The van der Waals surface area contributed by atoms with E-state index in [1.54, 1.807) is 19.0 Å². The van der Waals surface area contributed by atoms with E-state index in [4.69, 9.17) is 10.7 Å². The molecule has 0 fully saturated rings. The van der Waals surface area contributed by atoms with Gasteiger partial charge in [0.2, 0.25) is 0 Å². The van der Waals surface area contributed by atoms with Gasteiger partial charge in [-0.1, -0.05) is 0 Å². The summed E-state index contributed by atoms with van der Waals surface area (Å²) in [6, 6.07) is 1.36. The van der Waals surface area contributed by atoms with Crippen LogP contribution in [0.15, 0.2) is 17.3 Å². The Balaban J connectivity index is 3.21. The zero-order valence-corrected chi connectivity index (χ0v) is 8.67. The highest BCUT2D eigenvalue weighted by Gasteiger charge is 2.13. The van der Waals surface area contributed by atoms with E-state index in [1.165, 1.54) is 12.3 Å². The van der Waals surface area contributed by atoms with Crippen molar-refractivity contribution in [1.82, 2.24) is 10.2 Å². The average molecular weight is 222 g/mol. The molecule has 0 amide bonds. The molecule has 0 N–H and O–H groups in total. The molecule has 0 bridgehead atoms. The van der Waals surface area contributed by atoms with Crippen molar-refractivity contribution in [2.75, 3.05) is 19.0 Å². The van der Waals surface area contributed by atoms with Crippen LogP contribution in [0.2, 0.25) is 0 Å². The van der Waals surface area contributed by atoms with Crippen LogP contribution in [0, 0.1) is 0 Å². The lowest BCUT2D eigenvalue weighted by atomic mass is 10.4. The fourth-order valence-corrected chi connectivity index (χ4v) is 1.33. The molecule has 0 radical (unpaired) electrons. The summed E-state index contributed by atoms with van der Waals surface area (Å²) in [4.78, 5) is 1.71. The zero-order chi connectivity index (χ0) is 10.1. The van der Waals surface area contributed by atoms with Gasteiger partial charge in [0, 0.05) is 30.8 Å². The van der Waals surface area contributed by atoms with Gasteiger partial charge in [-0.05, 0) is 0 Å². The van der Waals surface area contributed by atoms with Gasteiger partial charge in [-0.2, -0.15) is 5.10 Å². The fourth-order valence-electron chi connectivity index (χ4n) is 0.701. The SMILES string of the molecule is CN(C)c1cnnc(S(=O)(=O)Cl)c1. The topological polar surface area (TPSA) is 63.2 Å². The van der Waals surface area contributed by atoms with E-state index >= 15 is 0 Å². The molecule has 0 aliphatic carbocycles. The minimum atomic E-state index is -3.79. The summed E-state index contributed by atoms with van der Waals surface area (Å²) < 4.78 is 21.7. The standard InChI is InChI=1S/C6H8ClN3O2S/c1-10(2)5-3-6(9-8-4-5)13(7,11)12/h3-4H,1-2H3. The van der Waals surface area contributed by atoms with Crippen LogP contribution in [0.25, 0.3) is 0 Å². The molecule has 72 valence electrons.